The third-order valence-corrected chi connectivity index (χ3v) is 3.73. The average Bonchev–Trinajstić information content (AvgIpc) is 2.95. The Hall–Kier alpha value is -1.95. The van der Waals surface area contributed by atoms with Gasteiger partial charge in [0.1, 0.15) is 6.10 Å². The molecule has 0 saturated carbocycles. The Balaban J connectivity index is 1.78. The van der Waals surface area contributed by atoms with Crippen LogP contribution < -0.4 is 0 Å². The van der Waals surface area contributed by atoms with Gasteiger partial charge in [0.05, 0.1) is 21.3 Å². The van der Waals surface area contributed by atoms with Crippen molar-refractivity contribution in [1.29, 1.82) is 0 Å². The predicted octanol–water partition coefficient (Wildman–Crippen LogP) is 2.16. The summed E-state index contributed by atoms with van der Waals surface area (Å²) in [6.07, 6.45) is -0.582. The Bertz CT molecular complexity index is 651. The van der Waals surface area contributed by atoms with Crippen LogP contribution in [0, 0.1) is 0 Å². The molecule has 1 fully saturated rings. The van der Waals surface area contributed by atoms with Gasteiger partial charge in [-0.15, -0.1) is 11.3 Å². The van der Waals surface area contributed by atoms with E-state index >= 15 is 0 Å². The van der Waals surface area contributed by atoms with E-state index in [4.69, 9.17) is 9.47 Å². The van der Waals surface area contributed by atoms with Crippen molar-refractivity contribution in [3.63, 3.8) is 0 Å². The summed E-state index contributed by atoms with van der Waals surface area (Å²) in [6, 6.07) is 5.13. The van der Waals surface area contributed by atoms with E-state index in [1.807, 2.05) is 0 Å². The lowest BCUT2D eigenvalue weighted by Crippen LogP contribution is -2.22. The lowest BCUT2D eigenvalue weighted by molar-refractivity contribution is -0.147. The summed E-state index contributed by atoms with van der Waals surface area (Å²) in [5.41, 5.74) is 2.98. The van der Waals surface area contributed by atoms with E-state index in [0.29, 0.717) is 12.0 Å². The Morgan fingerprint density at radius 3 is 3.11 bits per heavy atom. The Labute approximate surface area is 113 Å². The minimum atomic E-state index is -0.792. The van der Waals surface area contributed by atoms with Crippen molar-refractivity contribution in [3.8, 4) is 0 Å². The van der Waals surface area contributed by atoms with Crippen molar-refractivity contribution in [3.05, 3.63) is 29.3 Å². The number of cyclic esters (lactones) is 1. The number of fused-ring (bicyclic) bond motifs is 1. The van der Waals surface area contributed by atoms with Crippen LogP contribution in [0.15, 0.2) is 23.7 Å². The van der Waals surface area contributed by atoms with Gasteiger partial charge in [-0.1, -0.05) is 0 Å². The molecule has 6 heteroatoms. The number of thiazole rings is 1. The van der Waals surface area contributed by atoms with Crippen LogP contribution in [0.1, 0.15) is 23.7 Å². The smallest absolute Gasteiger partial charge is 0.347 e. The fourth-order valence-electron chi connectivity index (χ4n) is 2.00. The number of carbonyl (C=O) groups excluding carboxylic acids is 2. The van der Waals surface area contributed by atoms with E-state index in [2.05, 4.69) is 4.98 Å². The summed E-state index contributed by atoms with van der Waals surface area (Å²) in [5, 5.41) is 0. The van der Waals surface area contributed by atoms with Crippen LogP contribution >= 0.6 is 11.3 Å². The predicted molar refractivity (Wildman–Crippen MR) is 69.0 cm³/mol. The second kappa shape index (κ2) is 4.62. The summed E-state index contributed by atoms with van der Waals surface area (Å²) >= 11 is 1.45. The summed E-state index contributed by atoms with van der Waals surface area (Å²) in [4.78, 5) is 27.5. The van der Waals surface area contributed by atoms with Crippen molar-refractivity contribution < 1.29 is 19.1 Å². The van der Waals surface area contributed by atoms with E-state index in [1.165, 1.54) is 11.3 Å². The molecule has 1 aliphatic rings. The molecule has 5 nitrogen and oxygen atoms in total. The topological polar surface area (TPSA) is 65.5 Å². The van der Waals surface area contributed by atoms with Gasteiger partial charge in [-0.05, 0) is 25.1 Å². The maximum atomic E-state index is 12.0. The first-order valence-corrected chi connectivity index (χ1v) is 6.76. The molecule has 0 radical (unpaired) electrons. The van der Waals surface area contributed by atoms with Crippen molar-refractivity contribution in [1.82, 2.24) is 4.98 Å². The molecule has 1 aliphatic heterocycles. The molecule has 0 unspecified atom stereocenters. The molecule has 0 bridgehead atoms. The van der Waals surface area contributed by atoms with Gasteiger partial charge in [0.15, 0.2) is 0 Å². The Morgan fingerprint density at radius 2 is 2.37 bits per heavy atom. The van der Waals surface area contributed by atoms with Crippen LogP contribution in [0.5, 0.6) is 0 Å². The highest BCUT2D eigenvalue weighted by Gasteiger charge is 2.35. The van der Waals surface area contributed by atoms with Gasteiger partial charge in [-0.2, -0.15) is 0 Å². The van der Waals surface area contributed by atoms with Crippen LogP contribution in [-0.2, 0) is 14.3 Å². The molecule has 98 valence electrons. The molecule has 0 N–H and O–H groups in total. The minimum Gasteiger partial charge on any atom is -0.460 e. The highest BCUT2D eigenvalue weighted by atomic mass is 32.1. The van der Waals surface area contributed by atoms with E-state index in [1.54, 1.807) is 30.6 Å². The van der Waals surface area contributed by atoms with E-state index < -0.39 is 18.0 Å². The van der Waals surface area contributed by atoms with Gasteiger partial charge in [0.2, 0.25) is 6.10 Å². The molecule has 2 heterocycles. The molecule has 1 aromatic heterocycles. The summed E-state index contributed by atoms with van der Waals surface area (Å²) < 4.78 is 11.0. The van der Waals surface area contributed by atoms with Crippen LogP contribution in [0.3, 0.4) is 0 Å². The minimum absolute atomic E-state index is 0.200. The Morgan fingerprint density at radius 1 is 1.53 bits per heavy atom. The maximum Gasteiger partial charge on any atom is 0.347 e. The number of hydrogen-bond acceptors (Lipinski definition) is 6. The van der Waals surface area contributed by atoms with Crippen LogP contribution in [0.4, 0.5) is 0 Å². The number of rotatable bonds is 2. The lowest BCUT2D eigenvalue weighted by atomic mass is 10.2. The molecule has 3 rings (SSSR count). The molecule has 19 heavy (non-hydrogen) atoms. The van der Waals surface area contributed by atoms with Crippen molar-refractivity contribution in [2.75, 3.05) is 0 Å². The van der Waals surface area contributed by atoms with Gasteiger partial charge in [0.25, 0.3) is 0 Å². The average molecular weight is 277 g/mol. The zero-order valence-corrected chi connectivity index (χ0v) is 11.0. The van der Waals surface area contributed by atoms with Crippen LogP contribution in [0.25, 0.3) is 10.2 Å². The molecule has 0 amide bonds. The van der Waals surface area contributed by atoms with E-state index in [0.717, 1.165) is 10.2 Å². The number of carbonyl (C=O) groups is 2. The van der Waals surface area contributed by atoms with E-state index in [9.17, 15) is 9.59 Å². The monoisotopic (exact) mass is 277 g/mol. The fraction of sp³-hybridized carbons (Fsp3) is 0.308. The fourth-order valence-corrected chi connectivity index (χ4v) is 2.71. The zero-order valence-electron chi connectivity index (χ0n) is 10.2. The number of ether oxygens (including phenoxy) is 2. The largest absolute Gasteiger partial charge is 0.460 e. The molecule has 2 aromatic rings. The zero-order chi connectivity index (χ0) is 13.4. The summed E-state index contributed by atoms with van der Waals surface area (Å²) in [5.74, 6) is -0.980. The number of nitrogens with zero attached hydrogens (tertiary/aromatic N) is 1. The van der Waals surface area contributed by atoms with Crippen molar-refractivity contribution in [2.24, 2.45) is 0 Å². The molecular weight excluding hydrogens is 266 g/mol. The standard InChI is InChI=1S/C13H11NO4S/c1-7-4-10(13(16)17-7)18-12(15)8-2-3-9-11(5-8)19-6-14-9/h2-3,5-7,10H,4H2,1H3/t7-,10+/m1/s1. The molecule has 1 aromatic carbocycles. The SMILES string of the molecule is C[C@@H]1C[C@H](OC(=O)c2ccc3ncsc3c2)C(=O)O1. The van der Waals surface area contributed by atoms with Crippen LogP contribution in [-0.4, -0.2) is 29.1 Å². The van der Waals surface area contributed by atoms with Gasteiger partial charge in [-0.25, -0.2) is 14.6 Å². The third kappa shape index (κ3) is 2.31. The van der Waals surface area contributed by atoms with Crippen molar-refractivity contribution >= 4 is 33.5 Å². The van der Waals surface area contributed by atoms with Gasteiger partial charge >= 0.3 is 11.9 Å². The molecular formula is C13H11NO4S. The first-order valence-electron chi connectivity index (χ1n) is 5.88. The third-order valence-electron chi connectivity index (χ3n) is 2.94. The van der Waals surface area contributed by atoms with Gasteiger partial charge in [0, 0.05) is 6.42 Å². The quantitative estimate of drug-likeness (QED) is 0.787. The molecule has 0 spiro atoms. The Kier molecular flexibility index (Phi) is 2.94. The van der Waals surface area contributed by atoms with Crippen LogP contribution in [0.2, 0.25) is 0 Å². The highest BCUT2D eigenvalue weighted by Crippen LogP contribution is 2.22. The highest BCUT2D eigenvalue weighted by molar-refractivity contribution is 7.16. The van der Waals surface area contributed by atoms with E-state index in [-0.39, 0.29) is 6.10 Å². The first-order chi connectivity index (χ1) is 9.13. The number of benzene rings is 1. The van der Waals surface area contributed by atoms with Gasteiger partial charge in [-0.3, -0.25) is 0 Å². The number of hydrogen-bond donors (Lipinski definition) is 0. The number of aromatic nitrogens is 1. The first kappa shape index (κ1) is 12.1. The normalized spacial score (nSPS) is 22.5. The number of esters is 2. The molecule has 0 aliphatic carbocycles. The summed E-state index contributed by atoms with van der Waals surface area (Å²) in [7, 11) is 0. The lowest BCUT2D eigenvalue weighted by Gasteiger charge is -2.08. The van der Waals surface area contributed by atoms with Gasteiger partial charge < -0.3 is 9.47 Å². The second-order valence-corrected chi connectivity index (χ2v) is 5.30. The summed E-state index contributed by atoms with van der Waals surface area (Å²) in [6.45, 7) is 1.77. The van der Waals surface area contributed by atoms with Crippen molar-refractivity contribution in [2.45, 2.75) is 25.6 Å². The second-order valence-electron chi connectivity index (χ2n) is 4.41. The molecule has 2 atom stereocenters. The molecule has 1 saturated heterocycles. The maximum absolute atomic E-state index is 12.0.